The summed E-state index contributed by atoms with van der Waals surface area (Å²) in [5.74, 6) is -0.601. The van der Waals surface area contributed by atoms with E-state index < -0.39 is 15.9 Å². The summed E-state index contributed by atoms with van der Waals surface area (Å²) in [5, 5.41) is 12.3. The van der Waals surface area contributed by atoms with Crippen molar-refractivity contribution in [1.29, 1.82) is 5.26 Å². The number of carbonyl (C=O) groups is 1. The van der Waals surface area contributed by atoms with Crippen molar-refractivity contribution in [3.63, 3.8) is 0 Å². The SMILES string of the molecule is COCC(C)n1c(C)cc(/C=C(/C#N)C(=O)Nc2cccc(S(=O)(=O)N3CCN(C)CC3)c2)c1C. The monoisotopic (exact) mass is 499 g/mol. The number of amides is 1. The second-order valence-corrected chi connectivity index (χ2v) is 10.8. The minimum atomic E-state index is -3.68. The summed E-state index contributed by atoms with van der Waals surface area (Å²) in [6, 6.07) is 10.1. The van der Waals surface area contributed by atoms with Crippen LogP contribution in [-0.4, -0.2) is 75.0 Å². The van der Waals surface area contributed by atoms with Crippen molar-refractivity contribution in [2.45, 2.75) is 31.7 Å². The average molecular weight is 500 g/mol. The predicted octanol–water partition coefficient (Wildman–Crippen LogP) is 2.79. The van der Waals surface area contributed by atoms with Crippen LogP contribution in [0.15, 0.2) is 40.8 Å². The number of ether oxygens (including phenoxy) is 1. The molecule has 1 saturated heterocycles. The van der Waals surface area contributed by atoms with Gasteiger partial charge >= 0.3 is 0 Å². The zero-order chi connectivity index (χ0) is 25.8. The Bertz CT molecular complexity index is 1250. The van der Waals surface area contributed by atoms with E-state index in [9.17, 15) is 18.5 Å². The van der Waals surface area contributed by atoms with E-state index in [0.717, 1.165) is 17.0 Å². The number of methoxy groups -OCH3 is 1. The number of nitrogens with zero attached hydrogens (tertiary/aromatic N) is 4. The molecular formula is C25H33N5O4S. The minimum absolute atomic E-state index is 0.0722. The maximum Gasteiger partial charge on any atom is 0.266 e. The lowest BCUT2D eigenvalue weighted by molar-refractivity contribution is -0.112. The van der Waals surface area contributed by atoms with E-state index in [1.54, 1.807) is 25.3 Å². The number of aryl methyl sites for hydroxylation is 1. The number of carbonyl (C=O) groups excluding carboxylic acids is 1. The van der Waals surface area contributed by atoms with Gasteiger partial charge in [-0.05, 0) is 63.7 Å². The molecule has 1 fully saturated rings. The van der Waals surface area contributed by atoms with Gasteiger partial charge in [0, 0.05) is 50.4 Å². The number of aromatic nitrogens is 1. The molecule has 1 aliphatic rings. The molecule has 10 heteroatoms. The number of anilines is 1. The summed E-state index contributed by atoms with van der Waals surface area (Å²) in [5.41, 5.74) is 2.93. The molecule has 0 bridgehead atoms. The third kappa shape index (κ3) is 6.00. The van der Waals surface area contributed by atoms with Gasteiger partial charge in [-0.1, -0.05) is 6.07 Å². The Morgan fingerprint density at radius 3 is 2.54 bits per heavy atom. The van der Waals surface area contributed by atoms with Crippen molar-refractivity contribution >= 4 is 27.7 Å². The fourth-order valence-electron chi connectivity index (χ4n) is 4.36. The van der Waals surface area contributed by atoms with E-state index in [1.165, 1.54) is 16.4 Å². The van der Waals surface area contributed by atoms with Crippen molar-refractivity contribution < 1.29 is 17.9 Å². The molecule has 1 atom stereocenters. The van der Waals surface area contributed by atoms with E-state index in [-0.39, 0.29) is 16.5 Å². The van der Waals surface area contributed by atoms with Gasteiger partial charge in [-0.25, -0.2) is 8.42 Å². The van der Waals surface area contributed by atoms with Crippen LogP contribution in [0.1, 0.15) is 29.9 Å². The lowest BCUT2D eigenvalue weighted by atomic mass is 10.1. The maximum absolute atomic E-state index is 13.1. The zero-order valence-electron chi connectivity index (χ0n) is 20.9. The number of nitrogens with one attached hydrogen (secondary N) is 1. The highest BCUT2D eigenvalue weighted by molar-refractivity contribution is 7.89. The zero-order valence-corrected chi connectivity index (χ0v) is 21.7. The molecule has 1 aliphatic heterocycles. The molecule has 188 valence electrons. The summed E-state index contributed by atoms with van der Waals surface area (Å²) < 4.78 is 34.9. The van der Waals surface area contributed by atoms with Gasteiger partial charge in [0.1, 0.15) is 11.6 Å². The number of hydrogen-bond acceptors (Lipinski definition) is 6. The molecule has 0 aliphatic carbocycles. The lowest BCUT2D eigenvalue weighted by Gasteiger charge is -2.31. The van der Waals surface area contributed by atoms with Gasteiger partial charge in [0.2, 0.25) is 10.0 Å². The molecule has 2 aromatic rings. The molecule has 1 unspecified atom stereocenters. The van der Waals surface area contributed by atoms with Gasteiger partial charge in [-0.2, -0.15) is 9.57 Å². The van der Waals surface area contributed by atoms with Crippen LogP contribution in [0.3, 0.4) is 0 Å². The first kappa shape index (κ1) is 26.6. The Hall–Kier alpha value is -2.97. The molecular weight excluding hydrogens is 466 g/mol. The lowest BCUT2D eigenvalue weighted by Crippen LogP contribution is -2.47. The molecule has 9 nitrogen and oxygen atoms in total. The smallest absolute Gasteiger partial charge is 0.266 e. The normalized spacial score (nSPS) is 16.6. The van der Waals surface area contributed by atoms with Gasteiger partial charge in [-0.15, -0.1) is 0 Å². The van der Waals surface area contributed by atoms with Crippen molar-refractivity contribution in [2.75, 3.05) is 52.3 Å². The Morgan fingerprint density at radius 2 is 1.91 bits per heavy atom. The van der Waals surface area contributed by atoms with E-state index in [0.29, 0.717) is 38.5 Å². The van der Waals surface area contributed by atoms with Crippen LogP contribution >= 0.6 is 0 Å². The summed E-state index contributed by atoms with van der Waals surface area (Å²) in [6.07, 6.45) is 1.55. The first-order valence-electron chi connectivity index (χ1n) is 11.5. The average Bonchev–Trinajstić information content (AvgIpc) is 3.10. The van der Waals surface area contributed by atoms with Crippen LogP contribution in [0, 0.1) is 25.2 Å². The van der Waals surface area contributed by atoms with E-state index in [4.69, 9.17) is 4.74 Å². The molecule has 2 heterocycles. The minimum Gasteiger partial charge on any atom is -0.383 e. The van der Waals surface area contributed by atoms with Crippen LogP contribution in [0.25, 0.3) is 6.08 Å². The third-order valence-electron chi connectivity index (χ3n) is 6.23. The summed E-state index contributed by atoms with van der Waals surface area (Å²) in [6.45, 7) is 8.64. The Labute approximate surface area is 207 Å². The molecule has 1 aromatic heterocycles. The number of likely N-dealkylation sites (N-methyl/N-ethyl adjacent to an activating group) is 1. The summed E-state index contributed by atoms with van der Waals surface area (Å²) in [4.78, 5) is 15.1. The topological polar surface area (TPSA) is 108 Å². The fraction of sp³-hybridized carbons (Fsp3) is 0.440. The largest absolute Gasteiger partial charge is 0.383 e. The highest BCUT2D eigenvalue weighted by Gasteiger charge is 2.27. The molecule has 1 N–H and O–H groups in total. The number of hydrogen-bond donors (Lipinski definition) is 1. The van der Waals surface area contributed by atoms with Crippen molar-refractivity contribution in [1.82, 2.24) is 13.8 Å². The van der Waals surface area contributed by atoms with Gasteiger partial charge < -0.3 is 19.5 Å². The van der Waals surface area contributed by atoms with Gasteiger partial charge in [0.25, 0.3) is 5.91 Å². The Kier molecular flexibility index (Phi) is 8.51. The van der Waals surface area contributed by atoms with Crippen LogP contribution in [0.4, 0.5) is 5.69 Å². The predicted molar refractivity (Wildman–Crippen MR) is 135 cm³/mol. The Morgan fingerprint density at radius 1 is 1.23 bits per heavy atom. The highest BCUT2D eigenvalue weighted by atomic mass is 32.2. The fourth-order valence-corrected chi connectivity index (χ4v) is 5.83. The number of piperazine rings is 1. The highest BCUT2D eigenvalue weighted by Crippen LogP contribution is 2.24. The summed E-state index contributed by atoms with van der Waals surface area (Å²) in [7, 11) is -0.0715. The number of nitriles is 1. The molecule has 1 aromatic carbocycles. The van der Waals surface area contributed by atoms with E-state index in [1.807, 2.05) is 40.0 Å². The second-order valence-electron chi connectivity index (χ2n) is 8.86. The molecule has 0 spiro atoms. The van der Waals surface area contributed by atoms with Gasteiger partial charge in [-0.3, -0.25) is 4.79 Å². The van der Waals surface area contributed by atoms with Crippen molar-refractivity contribution in [2.24, 2.45) is 0 Å². The van der Waals surface area contributed by atoms with E-state index >= 15 is 0 Å². The molecule has 35 heavy (non-hydrogen) atoms. The number of benzene rings is 1. The van der Waals surface area contributed by atoms with Gasteiger partial charge in [0.05, 0.1) is 17.5 Å². The molecule has 0 radical (unpaired) electrons. The summed E-state index contributed by atoms with van der Waals surface area (Å²) >= 11 is 0. The molecule has 1 amide bonds. The molecule has 0 saturated carbocycles. The van der Waals surface area contributed by atoms with Crippen LogP contribution < -0.4 is 5.32 Å². The third-order valence-corrected chi connectivity index (χ3v) is 8.12. The number of rotatable bonds is 8. The second kappa shape index (κ2) is 11.2. The Balaban J connectivity index is 1.81. The van der Waals surface area contributed by atoms with Gasteiger partial charge in [0.15, 0.2) is 0 Å². The van der Waals surface area contributed by atoms with E-state index in [2.05, 4.69) is 14.8 Å². The first-order chi connectivity index (χ1) is 16.6. The van der Waals surface area contributed by atoms with Crippen LogP contribution in [0.2, 0.25) is 0 Å². The molecule has 3 rings (SSSR count). The van der Waals surface area contributed by atoms with Crippen molar-refractivity contribution in [3.05, 3.63) is 52.9 Å². The standard InChI is InChI=1S/C25H33N5O4S/c1-18-13-21(20(3)30(18)19(2)17-34-5)14-22(16-26)25(31)27-23-7-6-8-24(15-23)35(32,33)29-11-9-28(4)10-12-29/h6-8,13-15,19H,9-12,17H2,1-5H3,(H,27,31)/b22-14-. The number of sulfonamides is 1. The van der Waals surface area contributed by atoms with Crippen LogP contribution in [0.5, 0.6) is 0 Å². The quantitative estimate of drug-likeness (QED) is 0.442. The first-order valence-corrected chi connectivity index (χ1v) is 12.9. The maximum atomic E-state index is 13.1. The van der Waals surface area contributed by atoms with Crippen LogP contribution in [-0.2, 0) is 19.6 Å². The van der Waals surface area contributed by atoms with Crippen molar-refractivity contribution in [3.8, 4) is 6.07 Å².